The van der Waals surface area contributed by atoms with E-state index in [9.17, 15) is 9.59 Å². The molecule has 1 unspecified atom stereocenters. The van der Waals surface area contributed by atoms with Gasteiger partial charge in [-0.25, -0.2) is 4.79 Å². The number of pyridine rings is 1. The molecule has 0 aliphatic heterocycles. The maximum absolute atomic E-state index is 11.7. The Kier molecular flexibility index (Phi) is 5.32. The van der Waals surface area contributed by atoms with E-state index >= 15 is 0 Å². The highest BCUT2D eigenvalue weighted by Crippen LogP contribution is 2.19. The Morgan fingerprint density at radius 2 is 2.04 bits per heavy atom. The van der Waals surface area contributed by atoms with Crippen molar-refractivity contribution in [1.29, 1.82) is 0 Å². The van der Waals surface area contributed by atoms with Crippen molar-refractivity contribution >= 4 is 23.2 Å². The number of hydrogen-bond donors (Lipinski definition) is 1. The van der Waals surface area contributed by atoms with Crippen LogP contribution in [0.25, 0.3) is 10.8 Å². The molecule has 0 spiro atoms. The van der Waals surface area contributed by atoms with Gasteiger partial charge in [0, 0.05) is 30.2 Å². The van der Waals surface area contributed by atoms with Gasteiger partial charge < -0.3 is 14.8 Å². The minimum absolute atomic E-state index is 0.238. The fourth-order valence-electron chi connectivity index (χ4n) is 2.32. The molecule has 0 aliphatic carbocycles. The number of nitrogens with one attached hydrogen (secondary N) is 1. The van der Waals surface area contributed by atoms with Crippen molar-refractivity contribution in [2.24, 2.45) is 5.92 Å². The summed E-state index contributed by atoms with van der Waals surface area (Å²) in [6.07, 6.45) is 4.44. The highest BCUT2D eigenvalue weighted by Gasteiger charge is 2.18. The Labute approximate surface area is 136 Å². The van der Waals surface area contributed by atoms with Gasteiger partial charge in [-0.2, -0.15) is 0 Å². The first-order chi connectivity index (χ1) is 10.9. The summed E-state index contributed by atoms with van der Waals surface area (Å²) >= 11 is 0. The molecule has 1 aromatic carbocycles. The second kappa shape index (κ2) is 7.22. The average molecular weight is 314 g/mol. The van der Waals surface area contributed by atoms with Crippen molar-refractivity contribution in [1.82, 2.24) is 10.3 Å². The standard InChI is InChI=1S/C18H22N2O3/c1-18(2,3)23-17(22)20-9-13(12-21)8-15-11-19-10-14-6-4-5-7-16(14)15/h4-7,10-13H,8-9H2,1-3H3,(H,20,22). The van der Waals surface area contributed by atoms with Crippen molar-refractivity contribution in [2.45, 2.75) is 32.8 Å². The van der Waals surface area contributed by atoms with Crippen LogP contribution in [0.5, 0.6) is 0 Å². The van der Waals surface area contributed by atoms with Crippen LogP contribution in [0.3, 0.4) is 0 Å². The second-order valence-electron chi connectivity index (χ2n) is 6.50. The number of hydrogen-bond acceptors (Lipinski definition) is 4. The summed E-state index contributed by atoms with van der Waals surface area (Å²) in [7, 11) is 0. The Morgan fingerprint density at radius 1 is 1.30 bits per heavy atom. The van der Waals surface area contributed by atoms with Gasteiger partial charge in [-0.1, -0.05) is 24.3 Å². The van der Waals surface area contributed by atoms with Gasteiger partial charge in [-0.15, -0.1) is 0 Å². The van der Waals surface area contributed by atoms with Gasteiger partial charge in [0.05, 0.1) is 0 Å². The van der Waals surface area contributed by atoms with Gasteiger partial charge in [-0.05, 0) is 38.1 Å². The van der Waals surface area contributed by atoms with E-state index in [1.54, 1.807) is 33.2 Å². The Bertz CT molecular complexity index is 687. The molecular weight excluding hydrogens is 292 g/mol. The van der Waals surface area contributed by atoms with Crippen LogP contribution in [0.1, 0.15) is 26.3 Å². The highest BCUT2D eigenvalue weighted by atomic mass is 16.6. The predicted octanol–water partition coefficient (Wildman–Crippen LogP) is 3.12. The Morgan fingerprint density at radius 3 is 2.74 bits per heavy atom. The number of alkyl carbamates (subject to hydrolysis) is 1. The third-order valence-corrected chi connectivity index (χ3v) is 3.33. The Balaban J connectivity index is 2.02. The molecule has 5 heteroatoms. The van der Waals surface area contributed by atoms with Crippen LogP contribution in [-0.2, 0) is 16.0 Å². The molecular formula is C18H22N2O3. The van der Waals surface area contributed by atoms with Crippen LogP contribution < -0.4 is 5.32 Å². The lowest BCUT2D eigenvalue weighted by Crippen LogP contribution is -2.36. The third kappa shape index (κ3) is 5.06. The average Bonchev–Trinajstić information content (AvgIpc) is 2.50. The maximum Gasteiger partial charge on any atom is 0.407 e. The lowest BCUT2D eigenvalue weighted by Gasteiger charge is -2.20. The quantitative estimate of drug-likeness (QED) is 0.861. The molecule has 0 bridgehead atoms. The molecule has 1 aromatic heterocycles. The van der Waals surface area contributed by atoms with Crippen LogP contribution in [0.15, 0.2) is 36.7 Å². The molecule has 1 atom stereocenters. The predicted molar refractivity (Wildman–Crippen MR) is 89.2 cm³/mol. The van der Waals surface area contributed by atoms with E-state index in [0.29, 0.717) is 6.42 Å². The molecule has 0 aliphatic rings. The summed E-state index contributed by atoms with van der Waals surface area (Å²) in [6, 6.07) is 7.91. The van der Waals surface area contributed by atoms with Crippen molar-refractivity contribution < 1.29 is 14.3 Å². The maximum atomic E-state index is 11.7. The van der Waals surface area contributed by atoms with Crippen LogP contribution in [0.2, 0.25) is 0 Å². The molecule has 122 valence electrons. The number of nitrogens with zero attached hydrogens (tertiary/aromatic N) is 1. The lowest BCUT2D eigenvalue weighted by molar-refractivity contribution is -0.110. The van der Waals surface area contributed by atoms with Gasteiger partial charge >= 0.3 is 6.09 Å². The number of carbonyl (C=O) groups is 2. The van der Waals surface area contributed by atoms with E-state index in [2.05, 4.69) is 10.3 Å². The van der Waals surface area contributed by atoms with Gasteiger partial charge in [0.25, 0.3) is 0 Å². The van der Waals surface area contributed by atoms with E-state index < -0.39 is 11.7 Å². The molecule has 0 radical (unpaired) electrons. The lowest BCUT2D eigenvalue weighted by atomic mass is 9.97. The van der Waals surface area contributed by atoms with E-state index in [4.69, 9.17) is 4.74 Å². The zero-order valence-electron chi connectivity index (χ0n) is 13.7. The van der Waals surface area contributed by atoms with Crippen LogP contribution in [0.4, 0.5) is 4.79 Å². The first kappa shape index (κ1) is 16.9. The van der Waals surface area contributed by atoms with E-state index in [0.717, 1.165) is 22.6 Å². The SMILES string of the molecule is CC(C)(C)OC(=O)NCC(C=O)Cc1cncc2ccccc12. The molecule has 5 nitrogen and oxygen atoms in total. The molecule has 1 heterocycles. The van der Waals surface area contributed by atoms with E-state index in [-0.39, 0.29) is 12.5 Å². The zero-order chi connectivity index (χ0) is 16.9. The number of aromatic nitrogens is 1. The number of amides is 1. The summed E-state index contributed by atoms with van der Waals surface area (Å²) in [5.41, 5.74) is 0.437. The number of fused-ring (bicyclic) bond motifs is 1. The summed E-state index contributed by atoms with van der Waals surface area (Å²) in [4.78, 5) is 27.2. The second-order valence-corrected chi connectivity index (χ2v) is 6.50. The van der Waals surface area contributed by atoms with Gasteiger partial charge in [-0.3, -0.25) is 4.98 Å². The van der Waals surface area contributed by atoms with Gasteiger partial charge in [0.15, 0.2) is 0 Å². The molecule has 0 saturated heterocycles. The summed E-state index contributed by atoms with van der Waals surface area (Å²) < 4.78 is 5.17. The van der Waals surface area contributed by atoms with E-state index in [1.165, 1.54) is 0 Å². The Hall–Kier alpha value is -2.43. The van der Waals surface area contributed by atoms with Crippen molar-refractivity contribution in [3.8, 4) is 0 Å². The van der Waals surface area contributed by atoms with Crippen LogP contribution in [-0.4, -0.2) is 29.5 Å². The normalized spacial score (nSPS) is 12.7. The number of rotatable bonds is 5. The van der Waals surface area contributed by atoms with Gasteiger partial charge in [0.1, 0.15) is 11.9 Å². The zero-order valence-corrected chi connectivity index (χ0v) is 13.7. The topological polar surface area (TPSA) is 68.3 Å². The van der Waals surface area contributed by atoms with Crippen molar-refractivity contribution in [3.63, 3.8) is 0 Å². The van der Waals surface area contributed by atoms with Crippen LogP contribution in [0, 0.1) is 5.92 Å². The number of carbonyl (C=O) groups excluding carboxylic acids is 2. The molecule has 0 fully saturated rings. The fraction of sp³-hybridized carbons (Fsp3) is 0.389. The molecule has 2 rings (SSSR count). The molecule has 0 saturated carbocycles. The number of aldehydes is 1. The monoisotopic (exact) mass is 314 g/mol. The first-order valence-corrected chi connectivity index (χ1v) is 7.63. The summed E-state index contributed by atoms with van der Waals surface area (Å²) in [6.45, 7) is 5.63. The van der Waals surface area contributed by atoms with Gasteiger partial charge in [0.2, 0.25) is 0 Å². The fourth-order valence-corrected chi connectivity index (χ4v) is 2.32. The largest absolute Gasteiger partial charge is 0.444 e. The number of benzene rings is 1. The molecule has 23 heavy (non-hydrogen) atoms. The third-order valence-electron chi connectivity index (χ3n) is 3.33. The van der Waals surface area contributed by atoms with Crippen molar-refractivity contribution in [2.75, 3.05) is 6.54 Å². The molecule has 2 aromatic rings. The van der Waals surface area contributed by atoms with E-state index in [1.807, 2.05) is 24.3 Å². The number of ether oxygens (including phenoxy) is 1. The highest BCUT2D eigenvalue weighted by molar-refractivity contribution is 5.84. The molecule has 1 amide bonds. The summed E-state index contributed by atoms with van der Waals surface area (Å²) in [5.74, 6) is -0.324. The minimum atomic E-state index is -0.555. The smallest absolute Gasteiger partial charge is 0.407 e. The van der Waals surface area contributed by atoms with Crippen molar-refractivity contribution in [3.05, 3.63) is 42.2 Å². The molecule has 1 N–H and O–H groups in total. The summed E-state index contributed by atoms with van der Waals surface area (Å²) in [5, 5.41) is 4.76. The minimum Gasteiger partial charge on any atom is -0.444 e. The first-order valence-electron chi connectivity index (χ1n) is 7.63. The van der Waals surface area contributed by atoms with Crippen LogP contribution >= 0.6 is 0 Å².